The number of rotatable bonds is 4. The molecule has 122 valence electrons. The molecule has 3 aromatic rings. The van der Waals surface area contributed by atoms with Crippen LogP contribution in [-0.4, -0.2) is 12.9 Å². The molecule has 0 amide bonds. The molecule has 0 aliphatic carbocycles. The second-order valence-electron chi connectivity index (χ2n) is 5.08. The molecular formula is C18H13Cl2NO2S. The first-order valence-electron chi connectivity index (χ1n) is 7.03. The van der Waals surface area contributed by atoms with Gasteiger partial charge in [-0.2, -0.15) is 0 Å². The fourth-order valence-corrected chi connectivity index (χ4v) is 3.88. The molecule has 0 bridgehead atoms. The second-order valence-corrected chi connectivity index (χ2v) is 7.04. The minimum absolute atomic E-state index is 0.153. The minimum Gasteiger partial charge on any atom is -0.496 e. The Hall–Kier alpha value is -2.01. The minimum atomic E-state index is -0.153. The fourth-order valence-electron chi connectivity index (χ4n) is 2.46. The zero-order valence-corrected chi connectivity index (χ0v) is 15.0. The summed E-state index contributed by atoms with van der Waals surface area (Å²) < 4.78 is 5.29. The van der Waals surface area contributed by atoms with Gasteiger partial charge in [0.05, 0.1) is 22.6 Å². The molecule has 1 heterocycles. The van der Waals surface area contributed by atoms with E-state index in [-0.39, 0.29) is 5.78 Å². The van der Waals surface area contributed by atoms with Crippen molar-refractivity contribution in [2.24, 2.45) is 0 Å². The average molecular weight is 378 g/mol. The lowest BCUT2D eigenvalue weighted by atomic mass is 10.0. The number of ketones is 1. The molecule has 0 fully saturated rings. The lowest BCUT2D eigenvalue weighted by Gasteiger charge is -2.08. The van der Waals surface area contributed by atoms with Crippen LogP contribution in [0.1, 0.15) is 15.2 Å². The van der Waals surface area contributed by atoms with Crippen molar-refractivity contribution < 1.29 is 9.53 Å². The number of nitrogens with two attached hydrogens (primary N) is 1. The van der Waals surface area contributed by atoms with Gasteiger partial charge in [-0.05, 0) is 42.0 Å². The summed E-state index contributed by atoms with van der Waals surface area (Å²) >= 11 is 13.4. The van der Waals surface area contributed by atoms with Gasteiger partial charge in [0.2, 0.25) is 5.78 Å². The van der Waals surface area contributed by atoms with Crippen molar-refractivity contribution in [2.45, 2.75) is 0 Å². The fraction of sp³-hybridized carbons (Fsp3) is 0.0556. The second kappa shape index (κ2) is 6.85. The van der Waals surface area contributed by atoms with Gasteiger partial charge >= 0.3 is 0 Å². The highest BCUT2D eigenvalue weighted by Gasteiger charge is 2.21. The summed E-state index contributed by atoms with van der Waals surface area (Å²) in [6, 6.07) is 14.0. The maximum atomic E-state index is 13.0. The monoisotopic (exact) mass is 377 g/mol. The Morgan fingerprint density at radius 1 is 1.08 bits per heavy atom. The van der Waals surface area contributed by atoms with Crippen LogP contribution in [0.4, 0.5) is 5.00 Å². The molecule has 3 nitrogen and oxygen atoms in total. The van der Waals surface area contributed by atoms with E-state index in [0.29, 0.717) is 36.8 Å². The Morgan fingerprint density at radius 3 is 2.42 bits per heavy atom. The molecule has 0 saturated carbocycles. The van der Waals surface area contributed by atoms with Crippen molar-refractivity contribution in [1.29, 1.82) is 0 Å². The summed E-state index contributed by atoms with van der Waals surface area (Å²) in [5, 5.41) is 1.54. The summed E-state index contributed by atoms with van der Waals surface area (Å²) in [5.41, 5.74) is 7.89. The van der Waals surface area contributed by atoms with E-state index in [9.17, 15) is 4.79 Å². The van der Waals surface area contributed by atoms with Gasteiger partial charge in [0.15, 0.2) is 0 Å². The van der Waals surface area contributed by atoms with Crippen molar-refractivity contribution in [3.63, 3.8) is 0 Å². The molecule has 6 heteroatoms. The Balaban J connectivity index is 2.14. The molecule has 1 aromatic heterocycles. The van der Waals surface area contributed by atoms with Crippen molar-refractivity contribution in [3.05, 3.63) is 69.0 Å². The molecule has 0 aliphatic rings. The van der Waals surface area contributed by atoms with Crippen molar-refractivity contribution in [3.8, 4) is 16.9 Å². The van der Waals surface area contributed by atoms with E-state index in [0.717, 1.165) is 5.56 Å². The van der Waals surface area contributed by atoms with Crippen LogP contribution in [-0.2, 0) is 0 Å². The molecule has 0 unspecified atom stereocenters. The normalized spacial score (nSPS) is 10.6. The van der Waals surface area contributed by atoms with Crippen LogP contribution in [0.15, 0.2) is 48.5 Å². The summed E-state index contributed by atoms with van der Waals surface area (Å²) in [6.45, 7) is 0. The summed E-state index contributed by atoms with van der Waals surface area (Å²) in [4.78, 5) is 13.5. The van der Waals surface area contributed by atoms with Crippen LogP contribution in [0.25, 0.3) is 11.1 Å². The SMILES string of the molecule is COc1ccccc1C(=O)c1sc(N)cc1-c1cc(Cl)cc(Cl)c1. The van der Waals surface area contributed by atoms with Crippen LogP contribution in [0, 0.1) is 0 Å². The van der Waals surface area contributed by atoms with E-state index in [4.69, 9.17) is 33.7 Å². The number of halogens is 2. The van der Waals surface area contributed by atoms with E-state index in [1.165, 1.54) is 18.4 Å². The smallest absolute Gasteiger partial charge is 0.207 e. The van der Waals surface area contributed by atoms with Gasteiger partial charge in [-0.1, -0.05) is 35.3 Å². The third-order valence-electron chi connectivity index (χ3n) is 3.48. The number of ether oxygens (including phenoxy) is 1. The number of nitrogen functional groups attached to an aromatic ring is 1. The molecule has 24 heavy (non-hydrogen) atoms. The summed E-state index contributed by atoms with van der Waals surface area (Å²) in [6.07, 6.45) is 0. The van der Waals surface area contributed by atoms with Crippen LogP contribution in [0.3, 0.4) is 0 Å². The highest BCUT2D eigenvalue weighted by molar-refractivity contribution is 7.18. The average Bonchev–Trinajstić information content (AvgIpc) is 2.95. The van der Waals surface area contributed by atoms with E-state index in [1.54, 1.807) is 42.5 Å². The first kappa shape index (κ1) is 16.8. The maximum absolute atomic E-state index is 13.0. The Bertz CT molecular complexity index is 901. The number of carbonyl (C=O) groups excluding carboxylic acids is 1. The third kappa shape index (κ3) is 3.26. The molecule has 2 N–H and O–H groups in total. The molecule has 0 aliphatic heterocycles. The van der Waals surface area contributed by atoms with Gasteiger partial charge in [-0.25, -0.2) is 0 Å². The number of hydrogen-bond donors (Lipinski definition) is 1. The highest BCUT2D eigenvalue weighted by Crippen LogP contribution is 2.38. The van der Waals surface area contributed by atoms with Crippen molar-refractivity contribution >= 4 is 45.3 Å². The Morgan fingerprint density at radius 2 is 1.75 bits per heavy atom. The predicted octanol–water partition coefficient (Wildman–Crippen LogP) is 5.54. The lowest BCUT2D eigenvalue weighted by molar-refractivity contribution is 0.104. The first-order chi connectivity index (χ1) is 11.5. The van der Waals surface area contributed by atoms with E-state index in [1.807, 2.05) is 6.07 Å². The van der Waals surface area contributed by atoms with Gasteiger partial charge in [0, 0.05) is 15.6 Å². The number of benzene rings is 2. The largest absolute Gasteiger partial charge is 0.496 e. The lowest BCUT2D eigenvalue weighted by Crippen LogP contribution is -2.03. The van der Waals surface area contributed by atoms with Gasteiger partial charge in [0.25, 0.3) is 0 Å². The highest BCUT2D eigenvalue weighted by atomic mass is 35.5. The number of methoxy groups -OCH3 is 1. The van der Waals surface area contributed by atoms with Crippen LogP contribution < -0.4 is 10.5 Å². The van der Waals surface area contributed by atoms with Crippen LogP contribution in [0.5, 0.6) is 5.75 Å². The molecular weight excluding hydrogens is 365 g/mol. The predicted molar refractivity (Wildman–Crippen MR) is 101 cm³/mol. The zero-order valence-electron chi connectivity index (χ0n) is 12.7. The van der Waals surface area contributed by atoms with Crippen molar-refractivity contribution in [1.82, 2.24) is 0 Å². The van der Waals surface area contributed by atoms with E-state index < -0.39 is 0 Å². The maximum Gasteiger partial charge on any atom is 0.207 e. The number of carbonyl (C=O) groups is 1. The Kier molecular flexibility index (Phi) is 4.81. The summed E-state index contributed by atoms with van der Waals surface area (Å²) in [7, 11) is 1.53. The molecule has 3 rings (SSSR count). The molecule has 0 radical (unpaired) electrons. The van der Waals surface area contributed by atoms with Gasteiger partial charge in [0.1, 0.15) is 5.75 Å². The van der Waals surface area contributed by atoms with Gasteiger partial charge < -0.3 is 10.5 Å². The number of hydrogen-bond acceptors (Lipinski definition) is 4. The third-order valence-corrected chi connectivity index (χ3v) is 4.88. The number of thiophene rings is 1. The standard InChI is InChI=1S/C18H13Cl2NO2S/c1-23-15-5-3-2-4-13(15)17(22)18-14(9-16(21)24-18)10-6-11(19)8-12(20)7-10/h2-9H,21H2,1H3. The Labute approximate surface area is 153 Å². The van der Waals surface area contributed by atoms with Crippen LogP contribution in [0.2, 0.25) is 10.0 Å². The van der Waals surface area contributed by atoms with E-state index >= 15 is 0 Å². The first-order valence-corrected chi connectivity index (χ1v) is 8.60. The van der Waals surface area contributed by atoms with Gasteiger partial charge in [-0.15, -0.1) is 11.3 Å². The number of anilines is 1. The zero-order chi connectivity index (χ0) is 17.3. The molecule has 0 atom stereocenters. The molecule has 0 spiro atoms. The number of para-hydroxylation sites is 1. The van der Waals surface area contributed by atoms with E-state index in [2.05, 4.69) is 0 Å². The molecule has 2 aromatic carbocycles. The van der Waals surface area contributed by atoms with Crippen LogP contribution >= 0.6 is 34.5 Å². The van der Waals surface area contributed by atoms with Gasteiger partial charge in [-0.3, -0.25) is 4.79 Å². The topological polar surface area (TPSA) is 52.3 Å². The quantitative estimate of drug-likeness (QED) is 0.606. The van der Waals surface area contributed by atoms with Crippen molar-refractivity contribution in [2.75, 3.05) is 12.8 Å². The summed E-state index contributed by atoms with van der Waals surface area (Å²) in [5.74, 6) is 0.366. The molecule has 0 saturated heterocycles.